The number of benzene rings is 1. The van der Waals surface area contributed by atoms with E-state index in [-0.39, 0.29) is 29.6 Å². The van der Waals surface area contributed by atoms with E-state index in [1.165, 1.54) is 6.20 Å². The van der Waals surface area contributed by atoms with Gasteiger partial charge in [0.05, 0.1) is 10.6 Å². The minimum atomic E-state index is -1.11. The molecular weight excluding hydrogens is 453 g/mol. The lowest BCUT2D eigenvalue weighted by molar-refractivity contribution is -0.135. The van der Waals surface area contributed by atoms with Crippen LogP contribution in [-0.2, 0) is 4.79 Å². The quantitative estimate of drug-likeness (QED) is 0.633. The van der Waals surface area contributed by atoms with Gasteiger partial charge in [-0.25, -0.2) is 9.78 Å². The van der Waals surface area contributed by atoms with Gasteiger partial charge >= 0.3 is 5.97 Å². The van der Waals surface area contributed by atoms with Crippen LogP contribution in [0.2, 0.25) is 10.0 Å². The Morgan fingerprint density at radius 3 is 2.41 bits per heavy atom. The SMILES string of the molecule is CC(C)(Oc1ccc(Cl)cc1Cl)C(=O)N[C@H]1C[C@H]2CC[C@@H](C1)N2c1ccc(C(=O)O)cn1. The molecule has 32 heavy (non-hydrogen) atoms. The maximum Gasteiger partial charge on any atom is 0.337 e. The normalized spacial score (nSPS) is 22.5. The number of carboxylic acids is 1. The van der Waals surface area contributed by atoms with Gasteiger partial charge in [0, 0.05) is 29.3 Å². The predicted octanol–water partition coefficient (Wildman–Crippen LogP) is 4.56. The lowest BCUT2D eigenvalue weighted by atomic mass is 9.96. The Kier molecular flexibility index (Phi) is 6.23. The molecule has 2 aliphatic rings. The highest BCUT2D eigenvalue weighted by molar-refractivity contribution is 6.35. The predicted molar refractivity (Wildman–Crippen MR) is 123 cm³/mol. The summed E-state index contributed by atoms with van der Waals surface area (Å²) in [7, 11) is 0. The molecule has 2 N–H and O–H groups in total. The van der Waals surface area contributed by atoms with Gasteiger partial charge in [0.2, 0.25) is 0 Å². The molecule has 0 spiro atoms. The number of aromatic carboxylic acids is 1. The molecule has 9 heteroatoms. The first-order valence-electron chi connectivity index (χ1n) is 10.6. The van der Waals surface area contributed by atoms with Crippen molar-refractivity contribution >= 4 is 40.9 Å². The topological polar surface area (TPSA) is 91.8 Å². The monoisotopic (exact) mass is 477 g/mol. The number of fused-ring (bicyclic) bond motifs is 2. The molecule has 3 heterocycles. The first-order chi connectivity index (χ1) is 15.1. The maximum absolute atomic E-state index is 13.0. The molecular formula is C23H25Cl2N3O4. The van der Waals surface area contributed by atoms with E-state index in [0.717, 1.165) is 31.5 Å². The van der Waals surface area contributed by atoms with Crippen molar-refractivity contribution in [2.45, 2.75) is 63.3 Å². The summed E-state index contributed by atoms with van der Waals surface area (Å²) in [5, 5.41) is 13.1. The first-order valence-corrected chi connectivity index (χ1v) is 11.3. The van der Waals surface area contributed by atoms with Crippen molar-refractivity contribution in [1.82, 2.24) is 10.3 Å². The number of hydrogen-bond donors (Lipinski definition) is 2. The van der Waals surface area contributed by atoms with Crippen molar-refractivity contribution < 1.29 is 19.4 Å². The smallest absolute Gasteiger partial charge is 0.337 e. The molecule has 2 aliphatic heterocycles. The average Bonchev–Trinajstić information content (AvgIpc) is 3.00. The van der Waals surface area contributed by atoms with Crippen LogP contribution in [0, 0.1) is 0 Å². The fourth-order valence-electron chi connectivity index (χ4n) is 4.57. The Bertz CT molecular complexity index is 1010. The molecule has 170 valence electrons. The number of carboxylic acid groups (broad SMARTS) is 1. The van der Waals surface area contributed by atoms with Crippen LogP contribution in [0.15, 0.2) is 36.5 Å². The number of anilines is 1. The number of pyridine rings is 1. The molecule has 3 atom stereocenters. The van der Waals surface area contributed by atoms with E-state index >= 15 is 0 Å². The molecule has 2 saturated heterocycles. The summed E-state index contributed by atoms with van der Waals surface area (Å²) >= 11 is 12.1. The highest BCUT2D eigenvalue weighted by Crippen LogP contribution is 2.39. The summed E-state index contributed by atoms with van der Waals surface area (Å²) in [6.45, 7) is 3.43. The molecule has 2 fully saturated rings. The minimum Gasteiger partial charge on any atom is -0.478 e. The van der Waals surface area contributed by atoms with Crippen LogP contribution >= 0.6 is 23.2 Å². The number of carbonyl (C=O) groups is 2. The third kappa shape index (κ3) is 4.64. The van der Waals surface area contributed by atoms with Crippen LogP contribution in [0.3, 0.4) is 0 Å². The van der Waals surface area contributed by atoms with Crippen LogP contribution in [0.4, 0.5) is 5.82 Å². The summed E-state index contributed by atoms with van der Waals surface area (Å²) in [4.78, 5) is 30.7. The Labute approximate surface area is 196 Å². The van der Waals surface area contributed by atoms with E-state index < -0.39 is 11.6 Å². The molecule has 2 bridgehead atoms. The Balaban J connectivity index is 1.40. The summed E-state index contributed by atoms with van der Waals surface area (Å²) in [5.74, 6) is -0.00114. The third-order valence-electron chi connectivity index (χ3n) is 6.13. The molecule has 1 aromatic heterocycles. The third-order valence-corrected chi connectivity index (χ3v) is 6.66. The molecule has 0 radical (unpaired) electrons. The number of amides is 1. The number of nitrogens with one attached hydrogen (secondary N) is 1. The van der Waals surface area contributed by atoms with Gasteiger partial charge in [-0.3, -0.25) is 4.79 Å². The van der Waals surface area contributed by atoms with Crippen LogP contribution in [0.1, 0.15) is 49.9 Å². The average molecular weight is 478 g/mol. The van der Waals surface area contributed by atoms with Gasteiger partial charge in [0.1, 0.15) is 11.6 Å². The summed E-state index contributed by atoms with van der Waals surface area (Å²) < 4.78 is 5.91. The number of aromatic nitrogens is 1. The van der Waals surface area contributed by atoms with Gasteiger partial charge in [-0.2, -0.15) is 0 Å². The second kappa shape index (κ2) is 8.79. The summed E-state index contributed by atoms with van der Waals surface area (Å²) in [5.41, 5.74) is -0.937. The van der Waals surface area contributed by atoms with Crippen LogP contribution < -0.4 is 15.0 Å². The van der Waals surface area contributed by atoms with E-state index in [9.17, 15) is 9.59 Å². The van der Waals surface area contributed by atoms with Crippen LogP contribution in [0.5, 0.6) is 5.75 Å². The number of hydrogen-bond acceptors (Lipinski definition) is 5. The van der Waals surface area contributed by atoms with Gasteiger partial charge in [0.15, 0.2) is 5.60 Å². The van der Waals surface area contributed by atoms with Crippen molar-refractivity contribution in [1.29, 1.82) is 0 Å². The van der Waals surface area contributed by atoms with E-state index in [0.29, 0.717) is 15.8 Å². The molecule has 4 rings (SSSR count). The van der Waals surface area contributed by atoms with Gasteiger partial charge in [-0.1, -0.05) is 23.2 Å². The second-order valence-electron chi connectivity index (χ2n) is 8.83. The number of piperidine rings is 1. The van der Waals surface area contributed by atoms with Gasteiger partial charge < -0.3 is 20.1 Å². The van der Waals surface area contributed by atoms with E-state index in [4.69, 9.17) is 33.0 Å². The molecule has 0 saturated carbocycles. The number of carbonyl (C=O) groups excluding carboxylic acids is 1. The Morgan fingerprint density at radius 1 is 1.16 bits per heavy atom. The number of rotatable bonds is 6. The largest absolute Gasteiger partial charge is 0.478 e. The van der Waals surface area contributed by atoms with E-state index in [1.54, 1.807) is 44.2 Å². The number of halogens is 2. The second-order valence-corrected chi connectivity index (χ2v) is 9.68. The number of ether oxygens (including phenoxy) is 1. The Morgan fingerprint density at radius 2 is 1.84 bits per heavy atom. The molecule has 1 amide bonds. The van der Waals surface area contributed by atoms with E-state index in [2.05, 4.69) is 15.2 Å². The van der Waals surface area contributed by atoms with Crippen molar-refractivity contribution in [3.8, 4) is 5.75 Å². The van der Waals surface area contributed by atoms with Crippen molar-refractivity contribution in [2.75, 3.05) is 4.90 Å². The van der Waals surface area contributed by atoms with Gasteiger partial charge in [-0.05, 0) is 69.9 Å². The lowest BCUT2D eigenvalue weighted by Gasteiger charge is -2.40. The summed E-state index contributed by atoms with van der Waals surface area (Å²) in [6, 6.07) is 8.77. The molecule has 2 aromatic rings. The highest BCUT2D eigenvalue weighted by atomic mass is 35.5. The van der Waals surface area contributed by atoms with E-state index in [1.807, 2.05) is 0 Å². The zero-order chi connectivity index (χ0) is 23.0. The van der Waals surface area contributed by atoms with Crippen LogP contribution in [0.25, 0.3) is 0 Å². The molecule has 7 nitrogen and oxygen atoms in total. The Hall–Kier alpha value is -2.51. The maximum atomic E-state index is 13.0. The van der Waals surface area contributed by atoms with Gasteiger partial charge in [-0.15, -0.1) is 0 Å². The molecule has 0 unspecified atom stereocenters. The zero-order valence-electron chi connectivity index (χ0n) is 17.8. The standard InChI is InChI=1S/C23H25Cl2N3O4/c1-23(2,32-19-7-4-14(24)9-18(19)25)22(31)27-15-10-16-5-6-17(11-15)28(16)20-8-3-13(12-26-20)21(29)30/h3-4,7-9,12,15-17H,5-6,10-11H2,1-2H3,(H,27,31)(H,29,30)/t15-,16+,17-. The molecule has 1 aromatic carbocycles. The zero-order valence-corrected chi connectivity index (χ0v) is 19.4. The fourth-order valence-corrected chi connectivity index (χ4v) is 5.02. The summed E-state index contributed by atoms with van der Waals surface area (Å²) in [6.07, 6.45) is 5.01. The minimum absolute atomic E-state index is 0.0260. The highest BCUT2D eigenvalue weighted by Gasteiger charge is 2.43. The number of nitrogens with zero attached hydrogens (tertiary/aromatic N) is 2. The first kappa shape index (κ1) is 22.7. The fraction of sp³-hybridized carbons (Fsp3) is 0.435. The van der Waals surface area contributed by atoms with Crippen molar-refractivity contribution in [3.63, 3.8) is 0 Å². The van der Waals surface area contributed by atoms with Crippen molar-refractivity contribution in [2.24, 2.45) is 0 Å². The molecule has 0 aliphatic carbocycles. The van der Waals surface area contributed by atoms with Gasteiger partial charge in [0.25, 0.3) is 5.91 Å². The van der Waals surface area contributed by atoms with Crippen molar-refractivity contribution in [3.05, 3.63) is 52.1 Å². The lowest BCUT2D eigenvalue weighted by Crippen LogP contribution is -2.55. The van der Waals surface area contributed by atoms with Crippen LogP contribution in [-0.4, -0.2) is 45.7 Å².